The van der Waals surface area contributed by atoms with Gasteiger partial charge in [-0.05, 0) is 44.7 Å². The fraction of sp³-hybridized carbons (Fsp3) is 0.588. The summed E-state index contributed by atoms with van der Waals surface area (Å²) in [5, 5.41) is 9.35. The van der Waals surface area contributed by atoms with E-state index in [-0.39, 0.29) is 11.8 Å². The molecule has 1 aromatic rings. The highest BCUT2D eigenvalue weighted by Crippen LogP contribution is 2.29. The molecule has 3 rings (SSSR count). The number of carbonyl (C=O) groups excluding carboxylic acids is 1. The molecular formula is C17H22N4O. The number of hydrogen-bond donors (Lipinski definition) is 0. The zero-order valence-corrected chi connectivity index (χ0v) is 13.3. The topological polar surface area (TPSA) is 60.2 Å². The maximum absolute atomic E-state index is 12.5. The number of likely N-dealkylation sites (tertiary alicyclic amines) is 1. The number of amides is 1. The highest BCUT2D eigenvalue weighted by atomic mass is 16.2. The van der Waals surface area contributed by atoms with Gasteiger partial charge in [-0.15, -0.1) is 0 Å². The lowest BCUT2D eigenvalue weighted by Crippen LogP contribution is -2.55. The summed E-state index contributed by atoms with van der Waals surface area (Å²) in [6, 6.07) is 4.18. The van der Waals surface area contributed by atoms with E-state index in [9.17, 15) is 10.1 Å². The zero-order valence-electron chi connectivity index (χ0n) is 13.3. The predicted molar refractivity (Wildman–Crippen MR) is 84.6 cm³/mol. The Labute approximate surface area is 131 Å². The third-order valence-electron chi connectivity index (χ3n) is 4.64. The molecule has 5 nitrogen and oxygen atoms in total. The molecule has 116 valence electrons. The summed E-state index contributed by atoms with van der Waals surface area (Å²) >= 11 is 0. The molecule has 0 aromatic carbocycles. The van der Waals surface area contributed by atoms with Crippen LogP contribution in [0.4, 0.5) is 5.82 Å². The van der Waals surface area contributed by atoms with Gasteiger partial charge in [0.05, 0.1) is 11.5 Å². The number of anilines is 1. The van der Waals surface area contributed by atoms with E-state index in [0.717, 1.165) is 43.0 Å². The van der Waals surface area contributed by atoms with Crippen LogP contribution in [-0.2, 0) is 4.79 Å². The van der Waals surface area contributed by atoms with Crippen LogP contribution in [-0.4, -0.2) is 42.0 Å². The van der Waals surface area contributed by atoms with E-state index in [4.69, 9.17) is 0 Å². The van der Waals surface area contributed by atoms with Gasteiger partial charge in [-0.1, -0.05) is 0 Å². The summed E-state index contributed by atoms with van der Waals surface area (Å²) in [6.07, 6.45) is 3.48. The van der Waals surface area contributed by atoms with Gasteiger partial charge in [0.2, 0.25) is 5.91 Å². The van der Waals surface area contributed by atoms with E-state index < -0.39 is 0 Å². The molecule has 0 aliphatic carbocycles. The summed E-state index contributed by atoms with van der Waals surface area (Å²) in [5.41, 5.74) is 2.50. The molecule has 2 saturated heterocycles. The number of nitrogens with zero attached hydrogens (tertiary/aromatic N) is 4. The molecule has 2 aliphatic heterocycles. The van der Waals surface area contributed by atoms with Gasteiger partial charge in [0.25, 0.3) is 0 Å². The molecule has 22 heavy (non-hydrogen) atoms. The minimum Gasteiger partial charge on any atom is -0.354 e. The van der Waals surface area contributed by atoms with Crippen molar-refractivity contribution in [3.8, 4) is 6.07 Å². The van der Waals surface area contributed by atoms with Crippen LogP contribution in [0.1, 0.15) is 36.1 Å². The number of hydrogen-bond acceptors (Lipinski definition) is 4. The van der Waals surface area contributed by atoms with Crippen LogP contribution in [0.3, 0.4) is 0 Å². The quantitative estimate of drug-likeness (QED) is 0.838. The zero-order chi connectivity index (χ0) is 15.7. The minimum absolute atomic E-state index is 0.0623. The lowest BCUT2D eigenvalue weighted by atomic mass is 9.96. The normalized spacial score (nSPS) is 18.8. The first-order valence-electron chi connectivity index (χ1n) is 8.02. The van der Waals surface area contributed by atoms with Crippen molar-refractivity contribution in [3.63, 3.8) is 0 Å². The third-order valence-corrected chi connectivity index (χ3v) is 4.64. The van der Waals surface area contributed by atoms with Crippen molar-refractivity contribution in [1.82, 2.24) is 9.88 Å². The van der Waals surface area contributed by atoms with E-state index in [0.29, 0.717) is 18.7 Å². The second-order valence-corrected chi connectivity index (χ2v) is 6.38. The van der Waals surface area contributed by atoms with E-state index in [1.54, 1.807) is 0 Å². The maximum Gasteiger partial charge on any atom is 0.229 e. The Bertz CT molecular complexity index is 622. The molecule has 0 atom stereocenters. The van der Waals surface area contributed by atoms with Crippen molar-refractivity contribution in [2.75, 3.05) is 31.1 Å². The third kappa shape index (κ3) is 2.66. The van der Waals surface area contributed by atoms with E-state index in [2.05, 4.69) is 16.0 Å². The van der Waals surface area contributed by atoms with Gasteiger partial charge in [-0.3, -0.25) is 4.79 Å². The molecule has 0 unspecified atom stereocenters. The van der Waals surface area contributed by atoms with Gasteiger partial charge >= 0.3 is 0 Å². The first-order chi connectivity index (χ1) is 10.6. The van der Waals surface area contributed by atoms with Gasteiger partial charge in [-0.2, -0.15) is 5.26 Å². The molecule has 5 heteroatoms. The van der Waals surface area contributed by atoms with Crippen molar-refractivity contribution in [2.45, 2.75) is 33.1 Å². The predicted octanol–water partition coefficient (Wildman–Crippen LogP) is 2.02. The van der Waals surface area contributed by atoms with Crippen molar-refractivity contribution < 1.29 is 4.79 Å². The minimum atomic E-state index is 0.0623. The number of piperidine rings is 1. The highest BCUT2D eigenvalue weighted by Gasteiger charge is 2.37. The van der Waals surface area contributed by atoms with Crippen molar-refractivity contribution in [2.24, 2.45) is 5.92 Å². The van der Waals surface area contributed by atoms with Gasteiger partial charge in [0.1, 0.15) is 11.9 Å². The largest absolute Gasteiger partial charge is 0.354 e. The summed E-state index contributed by atoms with van der Waals surface area (Å²) in [5.74, 6) is 1.08. The molecule has 2 aliphatic rings. The molecule has 0 bridgehead atoms. The molecule has 0 spiro atoms. The second kappa shape index (κ2) is 5.96. The SMILES string of the molecule is Cc1cc(C)c(C#N)c(N2CC(C(=O)N3CCCCC3)C2)n1. The molecule has 1 amide bonds. The van der Waals surface area contributed by atoms with Crippen molar-refractivity contribution in [3.05, 3.63) is 22.9 Å². The summed E-state index contributed by atoms with van der Waals surface area (Å²) < 4.78 is 0. The van der Waals surface area contributed by atoms with Crippen LogP contribution in [0.2, 0.25) is 0 Å². The van der Waals surface area contributed by atoms with Crippen LogP contribution < -0.4 is 4.90 Å². The van der Waals surface area contributed by atoms with Crippen LogP contribution >= 0.6 is 0 Å². The molecule has 0 N–H and O–H groups in total. The fourth-order valence-electron chi connectivity index (χ4n) is 3.36. The second-order valence-electron chi connectivity index (χ2n) is 6.38. The Kier molecular flexibility index (Phi) is 4.02. The molecule has 0 radical (unpaired) electrons. The monoisotopic (exact) mass is 298 g/mol. The average Bonchev–Trinajstić information content (AvgIpc) is 2.46. The van der Waals surface area contributed by atoms with Crippen molar-refractivity contribution >= 4 is 11.7 Å². The molecule has 2 fully saturated rings. The molecular weight excluding hydrogens is 276 g/mol. The standard InChI is InChI=1S/C17H22N4O/c1-12-8-13(2)19-16(15(12)9-18)21-10-14(11-21)17(22)20-6-4-3-5-7-20/h8,14H,3-7,10-11H2,1-2H3. The van der Waals surface area contributed by atoms with Gasteiger partial charge in [0, 0.05) is 31.9 Å². The summed E-state index contributed by atoms with van der Waals surface area (Å²) in [6.45, 7) is 7.04. The Morgan fingerprint density at radius 2 is 1.95 bits per heavy atom. The van der Waals surface area contributed by atoms with Crippen LogP contribution in [0.25, 0.3) is 0 Å². The van der Waals surface area contributed by atoms with Gasteiger partial charge in [-0.25, -0.2) is 4.98 Å². The fourth-order valence-corrected chi connectivity index (χ4v) is 3.36. The lowest BCUT2D eigenvalue weighted by Gasteiger charge is -2.42. The number of pyridine rings is 1. The maximum atomic E-state index is 12.5. The smallest absolute Gasteiger partial charge is 0.229 e. The molecule has 3 heterocycles. The summed E-state index contributed by atoms with van der Waals surface area (Å²) in [7, 11) is 0. The van der Waals surface area contributed by atoms with Gasteiger partial charge in [0.15, 0.2) is 0 Å². The molecule has 0 saturated carbocycles. The Morgan fingerprint density at radius 3 is 2.59 bits per heavy atom. The Morgan fingerprint density at radius 1 is 1.27 bits per heavy atom. The average molecular weight is 298 g/mol. The van der Waals surface area contributed by atoms with Gasteiger partial charge < -0.3 is 9.80 Å². The Balaban J connectivity index is 1.68. The number of carbonyl (C=O) groups is 1. The van der Waals surface area contributed by atoms with Crippen LogP contribution in [0.15, 0.2) is 6.07 Å². The number of aryl methyl sites for hydroxylation is 2. The van der Waals surface area contributed by atoms with E-state index in [1.165, 1.54) is 6.42 Å². The number of rotatable bonds is 2. The van der Waals surface area contributed by atoms with Crippen LogP contribution in [0.5, 0.6) is 0 Å². The van der Waals surface area contributed by atoms with E-state index in [1.807, 2.05) is 24.8 Å². The van der Waals surface area contributed by atoms with Crippen molar-refractivity contribution in [1.29, 1.82) is 5.26 Å². The Hall–Kier alpha value is -2.09. The first kappa shape index (κ1) is 14.8. The van der Waals surface area contributed by atoms with E-state index >= 15 is 0 Å². The number of aromatic nitrogens is 1. The van der Waals surface area contributed by atoms with Crippen LogP contribution in [0, 0.1) is 31.1 Å². The summed E-state index contributed by atoms with van der Waals surface area (Å²) in [4.78, 5) is 21.0. The first-order valence-corrected chi connectivity index (χ1v) is 8.02. The molecule has 1 aromatic heterocycles. The highest BCUT2D eigenvalue weighted by molar-refractivity contribution is 5.82. The lowest BCUT2D eigenvalue weighted by molar-refractivity contribution is -0.137. The number of nitriles is 1.